The Labute approximate surface area is 126 Å². The predicted octanol–water partition coefficient (Wildman–Crippen LogP) is 0.937. The summed E-state index contributed by atoms with van der Waals surface area (Å²) < 4.78 is 5.69. The number of ether oxygens (including phenoxy) is 1. The number of aliphatic hydroxyl groups excluding tert-OH is 1. The Balaban J connectivity index is 1.63. The Bertz CT molecular complexity index is 465. The van der Waals surface area contributed by atoms with Crippen molar-refractivity contribution in [3.8, 4) is 11.8 Å². The predicted molar refractivity (Wildman–Crippen MR) is 81.2 cm³/mol. The van der Waals surface area contributed by atoms with Gasteiger partial charge in [-0.3, -0.25) is 4.90 Å². The second kappa shape index (κ2) is 8.63. The first kappa shape index (κ1) is 15.8. The van der Waals surface area contributed by atoms with Gasteiger partial charge < -0.3 is 14.7 Å². The SMILES string of the molecule is N#Cc1ccccc1OCCCN1CCN(CCO)CC1. The van der Waals surface area contributed by atoms with Crippen molar-refractivity contribution in [1.82, 2.24) is 9.80 Å². The maximum absolute atomic E-state index is 8.99. The van der Waals surface area contributed by atoms with Crippen LogP contribution in [0.3, 0.4) is 0 Å². The summed E-state index contributed by atoms with van der Waals surface area (Å²) in [6.45, 7) is 6.83. The number of aliphatic hydroxyl groups is 1. The zero-order valence-corrected chi connectivity index (χ0v) is 12.4. The minimum absolute atomic E-state index is 0.242. The van der Waals surface area contributed by atoms with Gasteiger partial charge in [-0.2, -0.15) is 5.26 Å². The van der Waals surface area contributed by atoms with Crippen LogP contribution in [0.2, 0.25) is 0 Å². The molecule has 0 radical (unpaired) electrons. The second-order valence-corrected chi connectivity index (χ2v) is 5.22. The second-order valence-electron chi connectivity index (χ2n) is 5.22. The van der Waals surface area contributed by atoms with Crippen molar-refractivity contribution in [3.05, 3.63) is 29.8 Å². The van der Waals surface area contributed by atoms with Gasteiger partial charge in [-0.1, -0.05) is 12.1 Å². The third-order valence-electron chi connectivity index (χ3n) is 3.76. The van der Waals surface area contributed by atoms with Crippen LogP contribution >= 0.6 is 0 Å². The smallest absolute Gasteiger partial charge is 0.137 e. The number of para-hydroxylation sites is 1. The molecule has 1 fully saturated rings. The van der Waals surface area contributed by atoms with Crippen molar-refractivity contribution < 1.29 is 9.84 Å². The van der Waals surface area contributed by atoms with E-state index in [0.29, 0.717) is 17.9 Å². The number of hydrogen-bond acceptors (Lipinski definition) is 5. The molecule has 1 saturated heterocycles. The lowest BCUT2D eigenvalue weighted by molar-refractivity contribution is 0.108. The van der Waals surface area contributed by atoms with E-state index in [0.717, 1.165) is 45.7 Å². The van der Waals surface area contributed by atoms with E-state index in [-0.39, 0.29) is 6.61 Å². The summed E-state index contributed by atoms with van der Waals surface area (Å²) in [5, 5.41) is 17.9. The summed E-state index contributed by atoms with van der Waals surface area (Å²) in [5.41, 5.74) is 0.593. The average Bonchev–Trinajstić information content (AvgIpc) is 2.54. The van der Waals surface area contributed by atoms with Crippen molar-refractivity contribution in [2.24, 2.45) is 0 Å². The molecule has 0 atom stereocenters. The molecule has 1 aliphatic heterocycles. The van der Waals surface area contributed by atoms with Crippen LogP contribution in [0.1, 0.15) is 12.0 Å². The van der Waals surface area contributed by atoms with E-state index in [9.17, 15) is 0 Å². The normalized spacial score (nSPS) is 16.6. The first-order valence-corrected chi connectivity index (χ1v) is 7.51. The Morgan fingerprint density at radius 2 is 1.76 bits per heavy atom. The van der Waals surface area contributed by atoms with Crippen molar-refractivity contribution in [2.45, 2.75) is 6.42 Å². The van der Waals surface area contributed by atoms with Gasteiger partial charge in [0, 0.05) is 39.3 Å². The van der Waals surface area contributed by atoms with E-state index in [2.05, 4.69) is 15.9 Å². The molecule has 0 amide bonds. The monoisotopic (exact) mass is 289 g/mol. The Kier molecular flexibility index (Phi) is 6.48. The molecule has 1 heterocycles. The van der Waals surface area contributed by atoms with Gasteiger partial charge in [-0.15, -0.1) is 0 Å². The topological polar surface area (TPSA) is 59.7 Å². The minimum Gasteiger partial charge on any atom is -0.492 e. The fourth-order valence-corrected chi connectivity index (χ4v) is 2.53. The molecule has 1 aliphatic rings. The van der Waals surface area contributed by atoms with Crippen LogP contribution in [0.4, 0.5) is 0 Å². The molecular weight excluding hydrogens is 266 g/mol. The van der Waals surface area contributed by atoms with Gasteiger partial charge in [-0.25, -0.2) is 0 Å². The van der Waals surface area contributed by atoms with Crippen molar-refractivity contribution in [3.63, 3.8) is 0 Å². The molecule has 2 rings (SSSR count). The molecule has 0 spiro atoms. The number of piperazine rings is 1. The van der Waals surface area contributed by atoms with Crippen LogP contribution in [0.5, 0.6) is 5.75 Å². The van der Waals surface area contributed by atoms with Crippen molar-refractivity contribution in [2.75, 3.05) is 52.5 Å². The van der Waals surface area contributed by atoms with Crippen LogP contribution in [0, 0.1) is 11.3 Å². The molecule has 5 heteroatoms. The van der Waals surface area contributed by atoms with E-state index < -0.39 is 0 Å². The lowest BCUT2D eigenvalue weighted by Gasteiger charge is -2.34. The van der Waals surface area contributed by atoms with Crippen molar-refractivity contribution in [1.29, 1.82) is 5.26 Å². The van der Waals surface area contributed by atoms with E-state index in [1.54, 1.807) is 6.07 Å². The van der Waals surface area contributed by atoms with E-state index in [1.807, 2.05) is 18.2 Å². The number of β-amino-alcohol motifs (C(OH)–C–C–N with tert-alkyl or cyclic N) is 1. The third-order valence-corrected chi connectivity index (χ3v) is 3.76. The summed E-state index contributed by atoms with van der Waals surface area (Å²) >= 11 is 0. The van der Waals surface area contributed by atoms with Gasteiger partial charge in [-0.05, 0) is 18.6 Å². The number of benzene rings is 1. The van der Waals surface area contributed by atoms with Crippen molar-refractivity contribution >= 4 is 0 Å². The molecule has 5 nitrogen and oxygen atoms in total. The molecule has 0 saturated carbocycles. The molecule has 1 aromatic rings. The Morgan fingerprint density at radius 1 is 1.10 bits per heavy atom. The molecule has 114 valence electrons. The third kappa shape index (κ3) is 5.01. The summed E-state index contributed by atoms with van der Waals surface area (Å²) in [4.78, 5) is 4.71. The zero-order chi connectivity index (χ0) is 14.9. The number of nitrogens with zero attached hydrogens (tertiary/aromatic N) is 3. The number of rotatable bonds is 7. The first-order chi connectivity index (χ1) is 10.3. The summed E-state index contributed by atoms with van der Waals surface area (Å²) in [6.07, 6.45) is 0.958. The largest absolute Gasteiger partial charge is 0.492 e. The average molecular weight is 289 g/mol. The molecule has 0 aromatic heterocycles. The maximum Gasteiger partial charge on any atom is 0.137 e. The quantitative estimate of drug-likeness (QED) is 0.757. The highest BCUT2D eigenvalue weighted by molar-refractivity contribution is 5.42. The summed E-state index contributed by atoms with van der Waals surface area (Å²) in [7, 11) is 0. The molecule has 0 bridgehead atoms. The molecule has 0 unspecified atom stereocenters. The van der Waals surface area contributed by atoms with Crippen LogP contribution in [-0.2, 0) is 0 Å². The van der Waals surface area contributed by atoms with Gasteiger partial charge in [0.2, 0.25) is 0 Å². The number of hydrogen-bond donors (Lipinski definition) is 1. The summed E-state index contributed by atoms with van der Waals surface area (Å²) in [5.74, 6) is 0.674. The standard InChI is InChI=1S/C16H23N3O2/c17-14-15-4-1-2-5-16(15)21-13-3-6-18-7-9-19(10-8-18)11-12-20/h1-2,4-5,20H,3,6-13H2. The minimum atomic E-state index is 0.242. The first-order valence-electron chi connectivity index (χ1n) is 7.51. The highest BCUT2D eigenvalue weighted by atomic mass is 16.5. The lowest BCUT2D eigenvalue weighted by Crippen LogP contribution is -2.47. The molecule has 21 heavy (non-hydrogen) atoms. The molecule has 0 aliphatic carbocycles. The highest BCUT2D eigenvalue weighted by Gasteiger charge is 2.15. The maximum atomic E-state index is 8.99. The van der Waals surface area contributed by atoms with E-state index in [1.165, 1.54) is 0 Å². The van der Waals surface area contributed by atoms with Gasteiger partial charge in [0.05, 0.1) is 18.8 Å². The van der Waals surface area contributed by atoms with Gasteiger partial charge in [0.1, 0.15) is 11.8 Å². The molecule has 1 N–H and O–H groups in total. The Morgan fingerprint density at radius 3 is 2.43 bits per heavy atom. The van der Waals surface area contributed by atoms with Crippen LogP contribution in [-0.4, -0.2) is 67.4 Å². The van der Waals surface area contributed by atoms with E-state index in [4.69, 9.17) is 15.1 Å². The fourth-order valence-electron chi connectivity index (χ4n) is 2.53. The highest BCUT2D eigenvalue weighted by Crippen LogP contribution is 2.16. The van der Waals surface area contributed by atoms with Gasteiger partial charge in [0.15, 0.2) is 0 Å². The van der Waals surface area contributed by atoms with Gasteiger partial charge >= 0.3 is 0 Å². The van der Waals surface area contributed by atoms with Gasteiger partial charge in [0.25, 0.3) is 0 Å². The molecular formula is C16H23N3O2. The van der Waals surface area contributed by atoms with Crippen LogP contribution in [0.15, 0.2) is 24.3 Å². The van der Waals surface area contributed by atoms with Crippen LogP contribution < -0.4 is 4.74 Å². The Hall–Kier alpha value is -1.61. The van der Waals surface area contributed by atoms with E-state index >= 15 is 0 Å². The molecule has 1 aromatic carbocycles. The van der Waals surface area contributed by atoms with Crippen LogP contribution in [0.25, 0.3) is 0 Å². The fraction of sp³-hybridized carbons (Fsp3) is 0.562. The summed E-state index contributed by atoms with van der Waals surface area (Å²) in [6, 6.07) is 9.48. The zero-order valence-electron chi connectivity index (χ0n) is 12.4. The lowest BCUT2D eigenvalue weighted by atomic mass is 10.2. The number of nitriles is 1.